The second kappa shape index (κ2) is 6.84. The second-order valence-corrected chi connectivity index (χ2v) is 6.67. The maximum atomic E-state index is 6.11. The third-order valence-electron chi connectivity index (χ3n) is 4.51. The van der Waals surface area contributed by atoms with Gasteiger partial charge in [0.2, 0.25) is 5.88 Å². The Hall–Kier alpha value is -2.41. The molecule has 25 heavy (non-hydrogen) atoms. The Morgan fingerprint density at radius 2 is 2.24 bits per heavy atom. The van der Waals surface area contributed by atoms with Crippen LogP contribution < -0.4 is 9.64 Å². The van der Waals surface area contributed by atoms with E-state index < -0.39 is 0 Å². The summed E-state index contributed by atoms with van der Waals surface area (Å²) in [6.07, 6.45) is 7.33. The van der Waals surface area contributed by atoms with Gasteiger partial charge in [-0.3, -0.25) is 4.68 Å². The lowest BCUT2D eigenvalue weighted by Gasteiger charge is -2.33. The average molecular weight is 359 g/mol. The van der Waals surface area contributed by atoms with E-state index in [2.05, 4.69) is 25.0 Å². The first-order chi connectivity index (χ1) is 12.2. The van der Waals surface area contributed by atoms with E-state index in [1.807, 2.05) is 13.2 Å². The van der Waals surface area contributed by atoms with Crippen molar-refractivity contribution in [3.8, 4) is 5.88 Å². The predicted molar refractivity (Wildman–Crippen MR) is 96.0 cm³/mol. The molecule has 3 aromatic rings. The zero-order valence-electron chi connectivity index (χ0n) is 14.0. The molecule has 1 saturated heterocycles. The fourth-order valence-corrected chi connectivity index (χ4v) is 3.45. The Morgan fingerprint density at radius 3 is 3.12 bits per heavy atom. The number of halogens is 1. The molecule has 4 heterocycles. The lowest BCUT2D eigenvalue weighted by molar-refractivity contribution is 0.222. The van der Waals surface area contributed by atoms with Crippen LogP contribution >= 0.6 is 11.6 Å². The number of aromatic nitrogens is 5. The lowest BCUT2D eigenvalue weighted by atomic mass is 9.99. The van der Waals surface area contributed by atoms with Crippen LogP contribution in [0.2, 0.25) is 5.02 Å². The van der Waals surface area contributed by atoms with Crippen LogP contribution in [-0.2, 0) is 7.05 Å². The topological polar surface area (TPSA) is 69.0 Å². The molecule has 1 aliphatic rings. The smallest absolute Gasteiger partial charge is 0.232 e. The minimum Gasteiger partial charge on any atom is -0.476 e. The van der Waals surface area contributed by atoms with Crippen molar-refractivity contribution >= 4 is 28.5 Å². The zero-order chi connectivity index (χ0) is 17.2. The van der Waals surface area contributed by atoms with Crippen molar-refractivity contribution in [2.75, 3.05) is 24.6 Å². The van der Waals surface area contributed by atoms with E-state index in [0.29, 0.717) is 23.4 Å². The predicted octanol–water partition coefficient (Wildman–Crippen LogP) is 2.71. The van der Waals surface area contributed by atoms with Gasteiger partial charge in [-0.1, -0.05) is 11.6 Å². The monoisotopic (exact) mass is 358 g/mol. The quantitative estimate of drug-likeness (QED) is 0.714. The number of fused-ring (bicyclic) bond motifs is 1. The summed E-state index contributed by atoms with van der Waals surface area (Å²) in [6.45, 7) is 2.45. The van der Waals surface area contributed by atoms with Gasteiger partial charge < -0.3 is 9.64 Å². The summed E-state index contributed by atoms with van der Waals surface area (Å²) in [7, 11) is 1.89. The second-order valence-electron chi connectivity index (χ2n) is 6.26. The van der Waals surface area contributed by atoms with E-state index in [0.717, 1.165) is 42.8 Å². The van der Waals surface area contributed by atoms with Gasteiger partial charge in [0.05, 0.1) is 18.2 Å². The molecule has 4 rings (SSSR count). The van der Waals surface area contributed by atoms with Crippen molar-refractivity contribution in [3.63, 3.8) is 0 Å². The summed E-state index contributed by atoms with van der Waals surface area (Å²) in [4.78, 5) is 15.3. The van der Waals surface area contributed by atoms with Gasteiger partial charge in [0.1, 0.15) is 17.2 Å². The van der Waals surface area contributed by atoms with Crippen molar-refractivity contribution in [3.05, 3.63) is 35.9 Å². The van der Waals surface area contributed by atoms with Crippen molar-refractivity contribution in [2.24, 2.45) is 13.0 Å². The molecule has 1 fully saturated rings. The molecular formula is C17H19ClN6O. The Morgan fingerprint density at radius 1 is 1.32 bits per heavy atom. The van der Waals surface area contributed by atoms with Crippen molar-refractivity contribution < 1.29 is 4.74 Å². The van der Waals surface area contributed by atoms with Gasteiger partial charge in [-0.25, -0.2) is 15.0 Å². The number of ether oxygens (including phenoxy) is 1. The van der Waals surface area contributed by atoms with Gasteiger partial charge in [-0.15, -0.1) is 0 Å². The summed E-state index contributed by atoms with van der Waals surface area (Å²) < 4.78 is 7.61. The van der Waals surface area contributed by atoms with Gasteiger partial charge in [0.15, 0.2) is 5.65 Å². The normalized spacial score (nSPS) is 17.8. The molecule has 0 aliphatic carbocycles. The van der Waals surface area contributed by atoms with Crippen molar-refractivity contribution in [1.82, 2.24) is 24.7 Å². The number of pyridine rings is 1. The molecular weight excluding hydrogens is 340 g/mol. The summed E-state index contributed by atoms with van der Waals surface area (Å²) in [5.74, 6) is 1.84. The molecule has 0 spiro atoms. The molecule has 0 N–H and O–H groups in total. The first-order valence-corrected chi connectivity index (χ1v) is 8.71. The molecule has 0 saturated carbocycles. The first-order valence-electron chi connectivity index (χ1n) is 8.33. The third-order valence-corrected chi connectivity index (χ3v) is 4.80. The fraction of sp³-hybridized carbons (Fsp3) is 0.412. The minimum atomic E-state index is 0.397. The van der Waals surface area contributed by atoms with E-state index in [1.54, 1.807) is 29.3 Å². The number of aryl methyl sites for hydroxylation is 1. The SMILES string of the molecule is Cn1ncc2c(N3CCCC(COc4ncccc4Cl)C3)ncnc21. The fourth-order valence-electron chi connectivity index (χ4n) is 3.27. The Bertz CT molecular complexity index is 882. The number of hydrogen-bond acceptors (Lipinski definition) is 6. The Labute approximate surface area is 150 Å². The molecule has 130 valence electrons. The summed E-state index contributed by atoms with van der Waals surface area (Å²) >= 11 is 6.11. The molecule has 0 aromatic carbocycles. The molecule has 7 nitrogen and oxygen atoms in total. The number of nitrogens with zero attached hydrogens (tertiary/aromatic N) is 6. The number of hydrogen-bond donors (Lipinski definition) is 0. The van der Waals surface area contributed by atoms with Crippen LogP contribution in [0.3, 0.4) is 0 Å². The lowest BCUT2D eigenvalue weighted by Crippen LogP contribution is -2.38. The van der Waals surface area contributed by atoms with E-state index in [1.165, 1.54) is 0 Å². The first kappa shape index (κ1) is 16.1. The molecule has 1 unspecified atom stereocenters. The summed E-state index contributed by atoms with van der Waals surface area (Å²) in [6, 6.07) is 3.59. The van der Waals surface area contributed by atoms with Crippen molar-refractivity contribution in [2.45, 2.75) is 12.8 Å². The van der Waals surface area contributed by atoms with Gasteiger partial charge in [-0.2, -0.15) is 5.10 Å². The summed E-state index contributed by atoms with van der Waals surface area (Å²) in [5.41, 5.74) is 0.851. The maximum absolute atomic E-state index is 6.11. The van der Waals surface area contributed by atoms with Crippen LogP contribution in [0.5, 0.6) is 5.88 Å². The van der Waals surface area contributed by atoms with E-state index in [9.17, 15) is 0 Å². The molecule has 1 aliphatic heterocycles. The van der Waals surface area contributed by atoms with Crippen molar-refractivity contribution in [1.29, 1.82) is 0 Å². The highest BCUT2D eigenvalue weighted by Gasteiger charge is 2.24. The average Bonchev–Trinajstić information content (AvgIpc) is 3.03. The molecule has 0 radical (unpaired) electrons. The zero-order valence-corrected chi connectivity index (χ0v) is 14.7. The maximum Gasteiger partial charge on any atom is 0.232 e. The van der Waals surface area contributed by atoms with Crippen LogP contribution in [0.25, 0.3) is 11.0 Å². The Balaban J connectivity index is 1.48. The highest BCUT2D eigenvalue weighted by atomic mass is 35.5. The van der Waals surface area contributed by atoms with Crippen LogP contribution in [0.15, 0.2) is 30.9 Å². The highest BCUT2D eigenvalue weighted by Crippen LogP contribution is 2.28. The number of rotatable bonds is 4. The van der Waals surface area contributed by atoms with Crippen LogP contribution in [0.4, 0.5) is 5.82 Å². The van der Waals surface area contributed by atoms with Crippen LogP contribution in [0, 0.1) is 5.92 Å². The molecule has 0 amide bonds. The molecule has 1 atom stereocenters. The van der Waals surface area contributed by atoms with E-state index in [-0.39, 0.29) is 0 Å². The van der Waals surface area contributed by atoms with Crippen LogP contribution in [-0.4, -0.2) is 44.4 Å². The standard InChI is InChI=1S/C17H19ClN6O/c1-23-15-13(8-22-23)16(21-11-20-15)24-7-3-4-12(9-24)10-25-17-14(18)5-2-6-19-17/h2,5-6,8,11-12H,3-4,7,9-10H2,1H3. The molecule has 0 bridgehead atoms. The Kier molecular flexibility index (Phi) is 4.40. The molecule has 8 heteroatoms. The van der Waals surface area contributed by atoms with Gasteiger partial charge in [0, 0.05) is 32.3 Å². The number of piperidine rings is 1. The molecule has 3 aromatic heterocycles. The minimum absolute atomic E-state index is 0.397. The highest BCUT2D eigenvalue weighted by molar-refractivity contribution is 6.31. The van der Waals surface area contributed by atoms with Gasteiger partial charge in [-0.05, 0) is 25.0 Å². The van der Waals surface area contributed by atoms with E-state index >= 15 is 0 Å². The third kappa shape index (κ3) is 3.24. The van der Waals surface area contributed by atoms with Crippen LogP contribution in [0.1, 0.15) is 12.8 Å². The van der Waals surface area contributed by atoms with E-state index in [4.69, 9.17) is 16.3 Å². The largest absolute Gasteiger partial charge is 0.476 e. The van der Waals surface area contributed by atoms with Gasteiger partial charge >= 0.3 is 0 Å². The number of anilines is 1. The summed E-state index contributed by atoms with van der Waals surface area (Å²) in [5, 5.41) is 5.83. The van der Waals surface area contributed by atoms with Gasteiger partial charge in [0.25, 0.3) is 0 Å².